The molecule has 2 aliphatic heterocycles. The number of hydrogen-bond acceptors (Lipinski definition) is 5. The van der Waals surface area contributed by atoms with Crippen molar-refractivity contribution in [3.05, 3.63) is 58.8 Å². The van der Waals surface area contributed by atoms with Crippen LogP contribution < -0.4 is 4.90 Å². The van der Waals surface area contributed by atoms with Gasteiger partial charge in [-0.3, -0.25) is 0 Å². The van der Waals surface area contributed by atoms with Crippen molar-refractivity contribution in [3.8, 4) is 17.3 Å². The van der Waals surface area contributed by atoms with Crippen LogP contribution in [0.25, 0.3) is 16.8 Å². The van der Waals surface area contributed by atoms with E-state index in [4.69, 9.17) is 0 Å². The number of thiol groups is 1. The van der Waals surface area contributed by atoms with Gasteiger partial charge in [0.15, 0.2) is 0 Å². The third-order valence-corrected chi connectivity index (χ3v) is 6.19. The van der Waals surface area contributed by atoms with E-state index in [1.54, 1.807) is 0 Å². The lowest BCUT2D eigenvalue weighted by molar-refractivity contribution is 0.313. The zero-order valence-electron chi connectivity index (χ0n) is 17.3. The van der Waals surface area contributed by atoms with Gasteiger partial charge in [-0.2, -0.15) is 5.26 Å². The molecule has 1 aromatic carbocycles. The summed E-state index contributed by atoms with van der Waals surface area (Å²) in [5.41, 5.74) is 6.29. The maximum Gasteiger partial charge on any atom is 0.0973 e. The van der Waals surface area contributed by atoms with Gasteiger partial charge in [0.1, 0.15) is 0 Å². The highest BCUT2D eigenvalue weighted by molar-refractivity contribution is 7.85. The number of allylic oxidation sites excluding steroid dienone is 1. The van der Waals surface area contributed by atoms with Gasteiger partial charge in [-0.05, 0) is 36.9 Å². The molecule has 0 unspecified atom stereocenters. The van der Waals surface area contributed by atoms with Crippen molar-refractivity contribution in [2.45, 2.75) is 0 Å². The molecule has 150 valence electrons. The first-order chi connectivity index (χ1) is 14.0. The predicted molar refractivity (Wildman–Crippen MR) is 123 cm³/mol. The van der Waals surface area contributed by atoms with Gasteiger partial charge in [0.05, 0.1) is 23.9 Å². The number of rotatable bonds is 3. The molecule has 4 rings (SSSR count). The van der Waals surface area contributed by atoms with E-state index in [0.717, 1.165) is 53.6 Å². The van der Waals surface area contributed by atoms with Crippen LogP contribution in [0.3, 0.4) is 0 Å². The fourth-order valence-electron chi connectivity index (χ4n) is 4.14. The fourth-order valence-corrected chi connectivity index (χ4v) is 4.59. The quantitative estimate of drug-likeness (QED) is 0.794. The molecule has 1 fully saturated rings. The van der Waals surface area contributed by atoms with Gasteiger partial charge in [0.2, 0.25) is 0 Å². The third kappa shape index (κ3) is 3.81. The first kappa shape index (κ1) is 19.7. The van der Waals surface area contributed by atoms with Crippen molar-refractivity contribution in [2.75, 3.05) is 51.7 Å². The van der Waals surface area contributed by atoms with Gasteiger partial charge < -0.3 is 19.3 Å². The highest BCUT2D eigenvalue weighted by atomic mass is 32.1. The Labute approximate surface area is 178 Å². The highest BCUT2D eigenvalue weighted by Crippen LogP contribution is 2.35. The Bertz CT molecular complexity index is 1000. The first-order valence-corrected chi connectivity index (χ1v) is 10.4. The minimum absolute atomic E-state index is 0.607. The molecule has 0 saturated carbocycles. The Morgan fingerprint density at radius 2 is 1.55 bits per heavy atom. The van der Waals surface area contributed by atoms with E-state index < -0.39 is 0 Å². The Morgan fingerprint density at radius 1 is 0.897 bits per heavy atom. The third-order valence-electron chi connectivity index (χ3n) is 5.85. The van der Waals surface area contributed by atoms with Crippen LogP contribution in [0.1, 0.15) is 5.69 Å². The largest absolute Gasteiger partial charge is 0.374 e. The number of nitriles is 1. The van der Waals surface area contributed by atoms with E-state index in [9.17, 15) is 5.26 Å². The standard InChI is InChI=1S/C23H27N5S/c1-25-10-12-28(13-11-25)19-6-4-17(5-7-19)20-8-9-21(27(20)3)23-18(14-24)15-26(2)16-22(23)29/h4-9,16,29H,10-13,15H2,1-3H3. The van der Waals surface area contributed by atoms with E-state index in [2.05, 4.69) is 83.6 Å². The Hall–Kier alpha value is -2.62. The minimum Gasteiger partial charge on any atom is -0.374 e. The summed E-state index contributed by atoms with van der Waals surface area (Å²) >= 11 is 4.65. The molecule has 2 aliphatic rings. The van der Waals surface area contributed by atoms with E-state index in [1.165, 1.54) is 11.3 Å². The lowest BCUT2D eigenvalue weighted by atomic mass is 10.0. The monoisotopic (exact) mass is 405 g/mol. The van der Waals surface area contributed by atoms with Crippen molar-refractivity contribution in [1.29, 1.82) is 5.26 Å². The Kier molecular flexibility index (Phi) is 5.44. The van der Waals surface area contributed by atoms with Gasteiger partial charge in [0.25, 0.3) is 0 Å². The lowest BCUT2D eigenvalue weighted by Crippen LogP contribution is -2.44. The molecule has 6 heteroatoms. The fraction of sp³-hybridized carbons (Fsp3) is 0.348. The number of aromatic nitrogens is 1. The van der Waals surface area contributed by atoms with Crippen LogP contribution in [0.15, 0.2) is 53.1 Å². The maximum atomic E-state index is 9.63. The van der Waals surface area contributed by atoms with Crippen molar-refractivity contribution >= 4 is 23.9 Å². The number of piperazine rings is 1. The molecular weight excluding hydrogens is 378 g/mol. The summed E-state index contributed by atoms with van der Waals surface area (Å²) in [6, 6.07) is 15.4. The van der Waals surface area contributed by atoms with Gasteiger partial charge in [-0.1, -0.05) is 12.1 Å². The molecule has 0 spiro atoms. The zero-order valence-corrected chi connectivity index (χ0v) is 18.2. The smallest absolute Gasteiger partial charge is 0.0973 e. The van der Waals surface area contributed by atoms with Gasteiger partial charge >= 0.3 is 0 Å². The number of anilines is 1. The Balaban J connectivity index is 1.62. The van der Waals surface area contributed by atoms with Crippen molar-refractivity contribution in [3.63, 3.8) is 0 Å². The minimum atomic E-state index is 0.607. The second kappa shape index (κ2) is 8.02. The summed E-state index contributed by atoms with van der Waals surface area (Å²) in [5, 5.41) is 9.63. The van der Waals surface area contributed by atoms with Crippen LogP contribution >= 0.6 is 12.6 Å². The molecule has 1 saturated heterocycles. The van der Waals surface area contributed by atoms with E-state index in [1.807, 2.05) is 18.1 Å². The number of benzene rings is 1. The van der Waals surface area contributed by atoms with Crippen LogP contribution in [0, 0.1) is 11.3 Å². The predicted octanol–water partition coefficient (Wildman–Crippen LogP) is 3.44. The highest BCUT2D eigenvalue weighted by Gasteiger charge is 2.21. The summed E-state index contributed by atoms with van der Waals surface area (Å²) in [4.78, 5) is 7.63. The average Bonchev–Trinajstić information content (AvgIpc) is 3.09. The molecule has 0 amide bonds. The van der Waals surface area contributed by atoms with Crippen molar-refractivity contribution < 1.29 is 0 Å². The molecule has 3 heterocycles. The van der Waals surface area contributed by atoms with Crippen LogP contribution in [0.2, 0.25) is 0 Å². The first-order valence-electron chi connectivity index (χ1n) is 9.92. The number of hydrogen-bond donors (Lipinski definition) is 1. The molecule has 29 heavy (non-hydrogen) atoms. The Morgan fingerprint density at radius 3 is 2.21 bits per heavy atom. The van der Waals surface area contributed by atoms with Crippen LogP contribution in [-0.4, -0.2) is 61.2 Å². The lowest BCUT2D eigenvalue weighted by Gasteiger charge is -2.34. The molecule has 1 aromatic heterocycles. The molecule has 0 aliphatic carbocycles. The van der Waals surface area contributed by atoms with Crippen LogP contribution in [0.4, 0.5) is 5.69 Å². The summed E-state index contributed by atoms with van der Waals surface area (Å²) in [6.45, 7) is 4.96. The van der Waals surface area contributed by atoms with E-state index in [0.29, 0.717) is 6.54 Å². The summed E-state index contributed by atoms with van der Waals surface area (Å²) in [6.07, 6.45) is 1.98. The van der Waals surface area contributed by atoms with Gasteiger partial charge in [-0.25, -0.2) is 0 Å². The summed E-state index contributed by atoms with van der Waals surface area (Å²) in [7, 11) is 6.19. The SMILES string of the molecule is CN1C=C(S)C(c2ccc(-c3ccc(N4CCN(C)CC4)cc3)n2C)=C(C#N)C1. The second-order valence-electron chi connectivity index (χ2n) is 7.89. The maximum absolute atomic E-state index is 9.63. The van der Waals surface area contributed by atoms with E-state index >= 15 is 0 Å². The molecule has 0 N–H and O–H groups in total. The number of likely N-dealkylation sites (N-methyl/N-ethyl adjacent to an activating group) is 2. The van der Waals surface area contributed by atoms with Crippen LogP contribution in [0.5, 0.6) is 0 Å². The topological polar surface area (TPSA) is 38.4 Å². The molecule has 5 nitrogen and oxygen atoms in total. The number of nitrogens with zero attached hydrogens (tertiary/aromatic N) is 5. The summed E-state index contributed by atoms with van der Waals surface area (Å²) in [5.74, 6) is 0. The normalized spacial score (nSPS) is 18.1. The molecule has 2 aromatic rings. The molecule has 0 atom stereocenters. The second-order valence-corrected chi connectivity index (χ2v) is 8.38. The van der Waals surface area contributed by atoms with E-state index in [-0.39, 0.29) is 0 Å². The van der Waals surface area contributed by atoms with Gasteiger partial charge in [-0.15, -0.1) is 12.6 Å². The zero-order chi connectivity index (χ0) is 20.5. The van der Waals surface area contributed by atoms with Crippen molar-refractivity contribution in [1.82, 2.24) is 14.4 Å². The average molecular weight is 406 g/mol. The van der Waals surface area contributed by atoms with Crippen molar-refractivity contribution in [2.24, 2.45) is 7.05 Å². The molecule has 0 radical (unpaired) electrons. The van der Waals surface area contributed by atoms with Crippen LogP contribution in [-0.2, 0) is 7.05 Å². The molecular formula is C23H27N5S. The van der Waals surface area contributed by atoms with Gasteiger partial charge in [0, 0.05) is 68.3 Å². The molecule has 0 bridgehead atoms. The summed E-state index contributed by atoms with van der Waals surface area (Å²) < 4.78 is 2.16.